The van der Waals surface area contributed by atoms with Crippen LogP contribution in [0.5, 0.6) is 0 Å². The van der Waals surface area contributed by atoms with E-state index in [4.69, 9.17) is 9.26 Å². The van der Waals surface area contributed by atoms with Crippen LogP contribution in [-0.4, -0.2) is 34.9 Å². The Morgan fingerprint density at radius 2 is 2.11 bits per heavy atom. The summed E-state index contributed by atoms with van der Waals surface area (Å²) in [4.78, 5) is 16.8. The van der Waals surface area contributed by atoms with E-state index in [-0.39, 0.29) is 18.1 Å². The summed E-state index contributed by atoms with van der Waals surface area (Å²) in [6.07, 6.45) is 5.14. The summed E-state index contributed by atoms with van der Waals surface area (Å²) in [5.41, 5.74) is 1.12. The van der Waals surface area contributed by atoms with Crippen molar-refractivity contribution >= 4 is 6.03 Å². The number of nitrogens with zero attached hydrogens (tertiary/aromatic N) is 2. The van der Waals surface area contributed by atoms with Crippen LogP contribution in [0.25, 0.3) is 0 Å². The van der Waals surface area contributed by atoms with Crippen LogP contribution in [0, 0.1) is 5.92 Å². The van der Waals surface area contributed by atoms with Gasteiger partial charge in [0, 0.05) is 25.0 Å². The zero-order valence-electron chi connectivity index (χ0n) is 15.6. The monoisotopic (exact) mass is 370 g/mol. The van der Waals surface area contributed by atoms with E-state index in [1.165, 1.54) is 0 Å². The fourth-order valence-electron chi connectivity index (χ4n) is 4.12. The molecule has 0 spiro atoms. The van der Waals surface area contributed by atoms with E-state index in [1.807, 2.05) is 37.3 Å². The van der Waals surface area contributed by atoms with Gasteiger partial charge in [0.25, 0.3) is 0 Å². The van der Waals surface area contributed by atoms with Gasteiger partial charge in [0.2, 0.25) is 5.89 Å². The molecule has 2 fully saturated rings. The molecule has 2 heterocycles. The number of aromatic nitrogens is 2. The molecule has 2 N–H and O–H groups in total. The molecule has 1 saturated heterocycles. The number of amides is 2. The molecule has 2 aliphatic rings. The average molecular weight is 370 g/mol. The summed E-state index contributed by atoms with van der Waals surface area (Å²) in [5, 5.41) is 10.1. The number of ether oxygens (including phenoxy) is 1. The van der Waals surface area contributed by atoms with Crippen LogP contribution >= 0.6 is 0 Å². The van der Waals surface area contributed by atoms with Crippen molar-refractivity contribution in [2.45, 2.75) is 57.2 Å². The largest absolute Gasteiger partial charge is 0.378 e. The van der Waals surface area contributed by atoms with Crippen LogP contribution in [0.15, 0.2) is 34.9 Å². The molecule has 1 aliphatic heterocycles. The van der Waals surface area contributed by atoms with Gasteiger partial charge in [-0.25, -0.2) is 4.79 Å². The number of hydrogen-bond acceptors (Lipinski definition) is 5. The third-order valence-electron chi connectivity index (χ3n) is 5.50. The number of carbonyl (C=O) groups is 1. The Hall–Kier alpha value is -2.41. The van der Waals surface area contributed by atoms with Gasteiger partial charge in [0.1, 0.15) is 6.04 Å². The molecule has 0 radical (unpaired) electrons. The highest BCUT2D eigenvalue weighted by Crippen LogP contribution is 2.34. The van der Waals surface area contributed by atoms with Crippen molar-refractivity contribution in [3.63, 3.8) is 0 Å². The average Bonchev–Trinajstić information content (AvgIpc) is 3.32. The molecule has 1 aliphatic carbocycles. The van der Waals surface area contributed by atoms with E-state index in [2.05, 4.69) is 20.8 Å². The summed E-state index contributed by atoms with van der Waals surface area (Å²) in [6, 6.07) is 9.62. The zero-order chi connectivity index (χ0) is 18.6. The molecule has 144 valence electrons. The Balaban J connectivity index is 1.31. The first-order chi connectivity index (χ1) is 13.2. The molecule has 4 rings (SSSR count). The van der Waals surface area contributed by atoms with Gasteiger partial charge < -0.3 is 19.9 Å². The standard InChI is InChI=1S/C20H26N4O3/c1-13(19-23-18(24-27-19)12-14-6-3-2-4-7-14)21-20(25)22-16-8-5-9-17-15(16)10-11-26-17/h2-4,6-7,13,15-17H,5,8-12H2,1H3,(H2,21,22,25). The van der Waals surface area contributed by atoms with Crippen molar-refractivity contribution in [3.05, 3.63) is 47.6 Å². The maximum Gasteiger partial charge on any atom is 0.315 e. The van der Waals surface area contributed by atoms with Crippen LogP contribution in [0.1, 0.15) is 55.9 Å². The second-order valence-corrected chi connectivity index (χ2v) is 7.45. The van der Waals surface area contributed by atoms with Gasteiger partial charge in [0.05, 0.1) is 6.10 Å². The smallest absolute Gasteiger partial charge is 0.315 e. The molecule has 7 heteroatoms. The Morgan fingerprint density at radius 3 is 2.96 bits per heavy atom. The molecule has 27 heavy (non-hydrogen) atoms. The maximum atomic E-state index is 12.4. The minimum atomic E-state index is -0.346. The van der Waals surface area contributed by atoms with Crippen molar-refractivity contribution in [3.8, 4) is 0 Å². The highest BCUT2D eigenvalue weighted by atomic mass is 16.5. The van der Waals surface area contributed by atoms with Gasteiger partial charge in [0.15, 0.2) is 5.82 Å². The highest BCUT2D eigenvalue weighted by molar-refractivity contribution is 5.74. The molecule has 4 atom stereocenters. The van der Waals surface area contributed by atoms with Crippen LogP contribution in [0.3, 0.4) is 0 Å². The molecular weight excluding hydrogens is 344 g/mol. The fraction of sp³-hybridized carbons (Fsp3) is 0.550. The second-order valence-electron chi connectivity index (χ2n) is 7.45. The third-order valence-corrected chi connectivity index (χ3v) is 5.50. The normalized spacial score (nSPS) is 25.6. The SMILES string of the molecule is CC(NC(=O)NC1CCCC2OCCC12)c1nc(Cc2ccccc2)no1. The summed E-state index contributed by atoms with van der Waals surface area (Å²) in [5.74, 6) is 1.46. The summed E-state index contributed by atoms with van der Waals surface area (Å²) < 4.78 is 11.1. The molecule has 7 nitrogen and oxygen atoms in total. The van der Waals surface area contributed by atoms with E-state index in [0.29, 0.717) is 30.2 Å². The molecule has 1 aromatic carbocycles. The van der Waals surface area contributed by atoms with E-state index in [9.17, 15) is 4.79 Å². The topological polar surface area (TPSA) is 89.3 Å². The van der Waals surface area contributed by atoms with Crippen LogP contribution in [0.2, 0.25) is 0 Å². The fourth-order valence-corrected chi connectivity index (χ4v) is 4.12. The van der Waals surface area contributed by atoms with Gasteiger partial charge in [-0.3, -0.25) is 0 Å². The summed E-state index contributed by atoms with van der Waals surface area (Å²) in [6.45, 7) is 2.65. The predicted octanol–water partition coefficient (Wildman–Crippen LogP) is 2.98. The van der Waals surface area contributed by atoms with Gasteiger partial charge in [-0.2, -0.15) is 4.98 Å². The lowest BCUT2D eigenvalue weighted by atomic mass is 9.82. The summed E-state index contributed by atoms with van der Waals surface area (Å²) in [7, 11) is 0. The third kappa shape index (κ3) is 4.30. The molecule has 1 aromatic heterocycles. The minimum absolute atomic E-state index is 0.176. The number of carbonyl (C=O) groups excluding carboxylic acids is 1. The van der Waals surface area contributed by atoms with Crippen molar-refractivity contribution in [2.24, 2.45) is 5.92 Å². The molecule has 0 bridgehead atoms. The summed E-state index contributed by atoms with van der Waals surface area (Å²) >= 11 is 0. The number of nitrogens with one attached hydrogen (secondary N) is 2. The van der Waals surface area contributed by atoms with Crippen molar-refractivity contribution in [1.29, 1.82) is 0 Å². The second kappa shape index (κ2) is 8.08. The number of rotatable bonds is 5. The Kier molecular flexibility index (Phi) is 5.38. The van der Waals surface area contributed by atoms with E-state index in [0.717, 1.165) is 37.9 Å². The first-order valence-electron chi connectivity index (χ1n) is 9.74. The molecule has 2 amide bonds. The van der Waals surface area contributed by atoms with Crippen LogP contribution in [0.4, 0.5) is 4.79 Å². The highest BCUT2D eigenvalue weighted by Gasteiger charge is 2.38. The number of benzene rings is 1. The van der Waals surface area contributed by atoms with Gasteiger partial charge in [-0.05, 0) is 38.2 Å². The first-order valence-corrected chi connectivity index (χ1v) is 9.74. The quantitative estimate of drug-likeness (QED) is 0.845. The van der Waals surface area contributed by atoms with E-state index >= 15 is 0 Å². The van der Waals surface area contributed by atoms with E-state index < -0.39 is 0 Å². The van der Waals surface area contributed by atoms with Gasteiger partial charge in [-0.1, -0.05) is 35.5 Å². The number of urea groups is 1. The van der Waals surface area contributed by atoms with Crippen molar-refractivity contribution < 1.29 is 14.1 Å². The van der Waals surface area contributed by atoms with Crippen molar-refractivity contribution in [2.75, 3.05) is 6.61 Å². The van der Waals surface area contributed by atoms with Gasteiger partial charge in [-0.15, -0.1) is 0 Å². The van der Waals surface area contributed by atoms with Crippen LogP contribution < -0.4 is 10.6 Å². The maximum absolute atomic E-state index is 12.4. The Labute approximate surface area is 158 Å². The van der Waals surface area contributed by atoms with Crippen molar-refractivity contribution in [1.82, 2.24) is 20.8 Å². The predicted molar refractivity (Wildman–Crippen MR) is 99.1 cm³/mol. The number of fused-ring (bicyclic) bond motifs is 1. The molecule has 2 aromatic rings. The molecule has 4 unspecified atom stereocenters. The molecule has 1 saturated carbocycles. The Bertz CT molecular complexity index is 764. The van der Waals surface area contributed by atoms with Gasteiger partial charge >= 0.3 is 6.03 Å². The number of hydrogen-bond donors (Lipinski definition) is 2. The Morgan fingerprint density at radius 1 is 1.26 bits per heavy atom. The van der Waals surface area contributed by atoms with E-state index in [1.54, 1.807) is 0 Å². The molecular formula is C20H26N4O3. The lowest BCUT2D eigenvalue weighted by molar-refractivity contribution is 0.0548. The first kappa shape index (κ1) is 18.0. The lowest BCUT2D eigenvalue weighted by Crippen LogP contribution is -2.49. The van der Waals surface area contributed by atoms with Crippen LogP contribution in [-0.2, 0) is 11.2 Å². The lowest BCUT2D eigenvalue weighted by Gasteiger charge is -2.33. The minimum Gasteiger partial charge on any atom is -0.378 e. The zero-order valence-corrected chi connectivity index (χ0v) is 15.6.